The summed E-state index contributed by atoms with van der Waals surface area (Å²) in [5.74, 6) is 0.577. The fraction of sp³-hybridized carbons (Fsp3) is 0.818. The summed E-state index contributed by atoms with van der Waals surface area (Å²) in [5.41, 5.74) is 7.30. The highest BCUT2D eigenvalue weighted by molar-refractivity contribution is 4.90. The average Bonchev–Trinajstić information content (AvgIpc) is 2.15. The highest BCUT2D eigenvalue weighted by Crippen LogP contribution is 2.19. The van der Waals surface area contributed by atoms with E-state index in [-0.39, 0.29) is 0 Å². The Balaban J connectivity index is 2.20. The molecular formula is C11H21NO. The van der Waals surface area contributed by atoms with Crippen molar-refractivity contribution in [3.8, 4) is 0 Å². The molecule has 0 spiro atoms. The van der Waals surface area contributed by atoms with Crippen molar-refractivity contribution in [1.82, 2.24) is 0 Å². The molecule has 0 aromatic carbocycles. The molecule has 0 bridgehead atoms. The van der Waals surface area contributed by atoms with E-state index in [0.29, 0.717) is 12.0 Å². The molecule has 2 atom stereocenters. The number of rotatable bonds is 4. The van der Waals surface area contributed by atoms with Gasteiger partial charge in [-0.15, -0.1) is 6.58 Å². The zero-order valence-electron chi connectivity index (χ0n) is 8.59. The molecule has 2 heteroatoms. The molecule has 0 aromatic heterocycles. The van der Waals surface area contributed by atoms with Crippen LogP contribution in [0.2, 0.25) is 0 Å². The molecule has 1 heterocycles. The minimum Gasteiger partial charge on any atom is -0.381 e. The first kappa shape index (κ1) is 10.7. The van der Waals surface area contributed by atoms with E-state index in [0.717, 1.165) is 26.1 Å². The maximum Gasteiger partial charge on any atom is 0.0509 e. The molecule has 1 fully saturated rings. The molecule has 0 saturated carbocycles. The van der Waals surface area contributed by atoms with Crippen molar-refractivity contribution < 1.29 is 4.74 Å². The van der Waals surface area contributed by atoms with Gasteiger partial charge in [-0.1, -0.05) is 5.57 Å². The summed E-state index contributed by atoms with van der Waals surface area (Å²) in [6.45, 7) is 7.72. The van der Waals surface area contributed by atoms with Crippen LogP contribution in [0, 0.1) is 5.92 Å². The van der Waals surface area contributed by atoms with Crippen LogP contribution in [0.1, 0.15) is 32.6 Å². The highest BCUT2D eigenvalue weighted by atomic mass is 16.5. The lowest BCUT2D eigenvalue weighted by molar-refractivity contribution is 0.0439. The number of hydrogen-bond acceptors (Lipinski definition) is 2. The Morgan fingerprint density at radius 3 is 3.00 bits per heavy atom. The first-order valence-corrected chi connectivity index (χ1v) is 5.18. The number of nitrogens with two attached hydrogens (primary N) is 1. The average molecular weight is 183 g/mol. The highest BCUT2D eigenvalue weighted by Gasteiger charge is 2.20. The van der Waals surface area contributed by atoms with Gasteiger partial charge in [0, 0.05) is 12.6 Å². The van der Waals surface area contributed by atoms with Gasteiger partial charge in [0.15, 0.2) is 0 Å². The van der Waals surface area contributed by atoms with Gasteiger partial charge in [0.1, 0.15) is 0 Å². The lowest BCUT2D eigenvalue weighted by Crippen LogP contribution is -2.35. The van der Waals surface area contributed by atoms with Gasteiger partial charge in [0.2, 0.25) is 0 Å². The van der Waals surface area contributed by atoms with E-state index in [4.69, 9.17) is 10.5 Å². The summed E-state index contributed by atoms with van der Waals surface area (Å²) >= 11 is 0. The van der Waals surface area contributed by atoms with Crippen LogP contribution in [-0.2, 0) is 4.74 Å². The van der Waals surface area contributed by atoms with Gasteiger partial charge in [-0.25, -0.2) is 0 Å². The lowest BCUT2D eigenvalue weighted by atomic mass is 9.90. The molecule has 2 unspecified atom stereocenters. The minimum atomic E-state index is 0.303. The van der Waals surface area contributed by atoms with Crippen molar-refractivity contribution in [2.24, 2.45) is 11.7 Å². The Kier molecular flexibility index (Phi) is 4.46. The Labute approximate surface area is 81.1 Å². The molecule has 1 aliphatic rings. The van der Waals surface area contributed by atoms with Crippen molar-refractivity contribution in [2.45, 2.75) is 38.6 Å². The van der Waals surface area contributed by atoms with Crippen molar-refractivity contribution in [2.75, 3.05) is 13.2 Å². The molecule has 1 rings (SSSR count). The Morgan fingerprint density at radius 2 is 2.46 bits per heavy atom. The second-order valence-electron chi connectivity index (χ2n) is 4.14. The summed E-state index contributed by atoms with van der Waals surface area (Å²) in [4.78, 5) is 0. The van der Waals surface area contributed by atoms with Gasteiger partial charge in [0.05, 0.1) is 6.61 Å². The van der Waals surface area contributed by atoms with E-state index < -0.39 is 0 Å². The van der Waals surface area contributed by atoms with Crippen molar-refractivity contribution >= 4 is 0 Å². The zero-order valence-corrected chi connectivity index (χ0v) is 8.59. The quantitative estimate of drug-likeness (QED) is 0.677. The monoisotopic (exact) mass is 183 g/mol. The molecule has 0 radical (unpaired) electrons. The third-order valence-corrected chi connectivity index (χ3v) is 2.71. The fourth-order valence-electron chi connectivity index (χ4n) is 1.75. The summed E-state index contributed by atoms with van der Waals surface area (Å²) in [7, 11) is 0. The second-order valence-corrected chi connectivity index (χ2v) is 4.14. The second kappa shape index (κ2) is 5.40. The third kappa shape index (κ3) is 3.92. The molecule has 13 heavy (non-hydrogen) atoms. The first-order chi connectivity index (χ1) is 6.20. The molecular weight excluding hydrogens is 162 g/mol. The van der Waals surface area contributed by atoms with Gasteiger partial charge in [-0.05, 0) is 38.5 Å². The molecule has 76 valence electrons. The third-order valence-electron chi connectivity index (χ3n) is 2.71. The number of ether oxygens (including phenoxy) is 1. The van der Waals surface area contributed by atoms with Crippen LogP contribution in [-0.4, -0.2) is 19.3 Å². The van der Waals surface area contributed by atoms with Crippen LogP contribution in [0.15, 0.2) is 12.2 Å². The van der Waals surface area contributed by atoms with Crippen LogP contribution in [0.3, 0.4) is 0 Å². The summed E-state index contributed by atoms with van der Waals surface area (Å²) < 4.78 is 5.41. The summed E-state index contributed by atoms with van der Waals surface area (Å²) in [6.07, 6.45) is 4.52. The van der Waals surface area contributed by atoms with Gasteiger partial charge in [0.25, 0.3) is 0 Å². The Morgan fingerprint density at radius 1 is 1.69 bits per heavy atom. The van der Waals surface area contributed by atoms with Gasteiger partial charge >= 0.3 is 0 Å². The topological polar surface area (TPSA) is 35.2 Å². The minimum absolute atomic E-state index is 0.303. The van der Waals surface area contributed by atoms with Crippen LogP contribution in [0.25, 0.3) is 0 Å². The van der Waals surface area contributed by atoms with E-state index in [1.165, 1.54) is 18.4 Å². The van der Waals surface area contributed by atoms with Gasteiger partial charge < -0.3 is 10.5 Å². The van der Waals surface area contributed by atoms with E-state index in [9.17, 15) is 0 Å². The van der Waals surface area contributed by atoms with E-state index in [2.05, 4.69) is 13.5 Å². The van der Waals surface area contributed by atoms with Crippen LogP contribution >= 0.6 is 0 Å². The first-order valence-electron chi connectivity index (χ1n) is 5.18. The van der Waals surface area contributed by atoms with Gasteiger partial charge in [-0.3, -0.25) is 0 Å². The van der Waals surface area contributed by atoms with Crippen LogP contribution in [0.5, 0.6) is 0 Å². The molecule has 2 nitrogen and oxygen atoms in total. The van der Waals surface area contributed by atoms with Crippen molar-refractivity contribution in [3.63, 3.8) is 0 Å². The molecule has 0 aliphatic carbocycles. The summed E-state index contributed by atoms with van der Waals surface area (Å²) in [5, 5.41) is 0. The predicted molar refractivity (Wildman–Crippen MR) is 55.6 cm³/mol. The SMILES string of the molecule is C=C(C)CCC(N)C1CCCOC1. The maximum atomic E-state index is 6.08. The van der Waals surface area contributed by atoms with Crippen molar-refractivity contribution in [1.29, 1.82) is 0 Å². The van der Waals surface area contributed by atoms with Crippen molar-refractivity contribution in [3.05, 3.63) is 12.2 Å². The standard InChI is InChI=1S/C11H21NO/c1-9(2)5-6-11(12)10-4-3-7-13-8-10/h10-11H,1,3-8,12H2,2H3. The van der Waals surface area contributed by atoms with Gasteiger partial charge in [-0.2, -0.15) is 0 Å². The Bertz CT molecular complexity index is 161. The molecule has 1 aliphatic heterocycles. The molecule has 0 amide bonds. The molecule has 0 aromatic rings. The molecule has 1 saturated heterocycles. The Hall–Kier alpha value is -0.340. The van der Waals surface area contributed by atoms with E-state index >= 15 is 0 Å². The fourth-order valence-corrected chi connectivity index (χ4v) is 1.75. The van der Waals surface area contributed by atoms with E-state index in [1.807, 2.05) is 0 Å². The normalized spacial score (nSPS) is 25.5. The summed E-state index contributed by atoms with van der Waals surface area (Å²) in [6, 6.07) is 0.303. The largest absolute Gasteiger partial charge is 0.381 e. The zero-order chi connectivity index (χ0) is 9.68. The number of allylic oxidation sites excluding steroid dienone is 1. The number of hydrogen-bond donors (Lipinski definition) is 1. The smallest absolute Gasteiger partial charge is 0.0509 e. The molecule has 2 N–H and O–H groups in total. The van der Waals surface area contributed by atoms with Crippen LogP contribution < -0.4 is 5.73 Å². The van der Waals surface area contributed by atoms with Crippen LogP contribution in [0.4, 0.5) is 0 Å². The lowest BCUT2D eigenvalue weighted by Gasteiger charge is -2.27. The predicted octanol–water partition coefficient (Wildman–Crippen LogP) is 2.10. The van der Waals surface area contributed by atoms with E-state index in [1.54, 1.807) is 0 Å². The maximum absolute atomic E-state index is 6.08.